The first-order valence-corrected chi connectivity index (χ1v) is 10.3. The second-order valence-corrected chi connectivity index (χ2v) is 8.16. The average Bonchev–Trinajstić information content (AvgIpc) is 3.07. The van der Waals surface area contributed by atoms with Crippen LogP contribution in [0.25, 0.3) is 10.2 Å². The van der Waals surface area contributed by atoms with Crippen molar-refractivity contribution in [1.82, 2.24) is 14.9 Å². The number of benzene rings is 1. The van der Waals surface area contributed by atoms with Gasteiger partial charge in [-0.15, -0.1) is 11.3 Å². The molecule has 0 saturated carbocycles. The summed E-state index contributed by atoms with van der Waals surface area (Å²) in [4.78, 5) is 19.7. The van der Waals surface area contributed by atoms with Gasteiger partial charge in [0.25, 0.3) is 5.56 Å². The van der Waals surface area contributed by atoms with Crippen molar-refractivity contribution < 1.29 is 4.74 Å². The zero-order valence-electron chi connectivity index (χ0n) is 15.6. The van der Waals surface area contributed by atoms with Gasteiger partial charge in [0.05, 0.1) is 11.7 Å². The van der Waals surface area contributed by atoms with Crippen molar-refractivity contribution in [1.29, 1.82) is 0 Å². The first-order chi connectivity index (χ1) is 13.3. The Morgan fingerprint density at radius 3 is 3.00 bits per heavy atom. The summed E-state index contributed by atoms with van der Waals surface area (Å²) in [5.41, 5.74) is 2.64. The van der Waals surface area contributed by atoms with Gasteiger partial charge in [-0.25, -0.2) is 4.98 Å². The van der Waals surface area contributed by atoms with E-state index < -0.39 is 0 Å². The Morgan fingerprint density at radius 2 is 2.19 bits per heavy atom. The lowest BCUT2D eigenvalue weighted by atomic mass is 9.93. The maximum Gasteiger partial charge on any atom is 0.262 e. The van der Waals surface area contributed by atoms with Crippen molar-refractivity contribution >= 4 is 21.6 Å². The summed E-state index contributed by atoms with van der Waals surface area (Å²) in [6.07, 6.45) is 5.49. The van der Waals surface area contributed by atoms with Gasteiger partial charge in [0.15, 0.2) is 0 Å². The van der Waals surface area contributed by atoms with E-state index >= 15 is 0 Å². The molecule has 0 saturated heterocycles. The Bertz CT molecular complexity index is 965. The number of ether oxygens (including phenoxy) is 1. The van der Waals surface area contributed by atoms with Crippen molar-refractivity contribution in [3.8, 4) is 0 Å². The van der Waals surface area contributed by atoms with Crippen LogP contribution in [-0.4, -0.2) is 29.3 Å². The first-order valence-electron chi connectivity index (χ1n) is 9.52. The molecule has 1 aliphatic carbocycles. The van der Waals surface area contributed by atoms with E-state index in [9.17, 15) is 4.79 Å². The Hall–Kier alpha value is -2.02. The molecule has 0 radical (unpaired) electrons. The molecule has 4 rings (SSSR count). The number of thiophene rings is 1. The van der Waals surface area contributed by atoms with Crippen LogP contribution in [0.1, 0.15) is 28.8 Å². The number of nitrogens with zero attached hydrogens (tertiary/aromatic N) is 2. The molecule has 1 aliphatic rings. The Balaban J connectivity index is 1.51. The predicted octanol–water partition coefficient (Wildman–Crippen LogP) is 3.14. The first kappa shape index (κ1) is 18.3. The van der Waals surface area contributed by atoms with Crippen LogP contribution in [0.5, 0.6) is 0 Å². The molecule has 3 aromatic rings. The van der Waals surface area contributed by atoms with Crippen LogP contribution in [0.4, 0.5) is 0 Å². The van der Waals surface area contributed by atoms with Gasteiger partial charge in [-0.05, 0) is 36.8 Å². The quantitative estimate of drug-likeness (QED) is 0.637. The second kappa shape index (κ2) is 8.33. The smallest absolute Gasteiger partial charge is 0.262 e. The van der Waals surface area contributed by atoms with E-state index in [-0.39, 0.29) is 5.56 Å². The number of rotatable bonds is 7. The molecular weight excluding hydrogens is 358 g/mol. The minimum atomic E-state index is 0.101. The van der Waals surface area contributed by atoms with Crippen LogP contribution in [0, 0.1) is 0 Å². The summed E-state index contributed by atoms with van der Waals surface area (Å²) in [7, 11) is 1.68. The van der Waals surface area contributed by atoms with E-state index in [1.807, 2.05) is 6.07 Å². The largest absolute Gasteiger partial charge is 0.385 e. The van der Waals surface area contributed by atoms with Crippen molar-refractivity contribution in [2.24, 2.45) is 0 Å². The molecule has 1 N–H and O–H groups in total. The number of fused-ring (bicyclic) bond motifs is 3. The molecule has 2 heterocycles. The highest BCUT2D eigenvalue weighted by Crippen LogP contribution is 2.33. The molecule has 1 atom stereocenters. The van der Waals surface area contributed by atoms with Crippen molar-refractivity contribution in [3.63, 3.8) is 0 Å². The molecule has 0 unspecified atom stereocenters. The summed E-state index contributed by atoms with van der Waals surface area (Å²) >= 11 is 1.69. The number of hydrogen-bond acceptors (Lipinski definition) is 5. The van der Waals surface area contributed by atoms with Gasteiger partial charge < -0.3 is 10.1 Å². The predicted molar refractivity (Wildman–Crippen MR) is 109 cm³/mol. The monoisotopic (exact) mass is 383 g/mol. The number of nitrogens with one attached hydrogen (secondary N) is 1. The Labute approximate surface area is 163 Å². The maximum absolute atomic E-state index is 12.9. The lowest BCUT2D eigenvalue weighted by Crippen LogP contribution is -2.33. The normalized spacial score (nSPS) is 16.6. The number of aryl methyl sites for hydroxylation is 2. The van der Waals surface area contributed by atoms with Crippen molar-refractivity contribution in [2.75, 3.05) is 13.7 Å². The molecule has 142 valence electrons. The van der Waals surface area contributed by atoms with Crippen LogP contribution in [0.15, 0.2) is 41.5 Å². The van der Waals surface area contributed by atoms with Gasteiger partial charge in [-0.3, -0.25) is 9.36 Å². The fourth-order valence-electron chi connectivity index (χ4n) is 3.77. The molecule has 0 bridgehead atoms. The summed E-state index contributed by atoms with van der Waals surface area (Å²) in [5.74, 6) is 0. The third kappa shape index (κ3) is 3.98. The van der Waals surface area contributed by atoms with E-state index in [4.69, 9.17) is 4.74 Å². The third-order valence-corrected chi connectivity index (χ3v) is 6.38. The molecule has 0 amide bonds. The van der Waals surface area contributed by atoms with Gasteiger partial charge in [0.2, 0.25) is 0 Å². The summed E-state index contributed by atoms with van der Waals surface area (Å²) in [6, 6.07) is 10.9. The third-order valence-electron chi connectivity index (χ3n) is 5.22. The molecular formula is C21H25N3O2S. The van der Waals surface area contributed by atoms with Gasteiger partial charge in [-0.1, -0.05) is 30.3 Å². The second-order valence-electron chi connectivity index (χ2n) is 7.08. The van der Waals surface area contributed by atoms with Gasteiger partial charge in [0.1, 0.15) is 4.83 Å². The standard InChI is InChI=1S/C21H25N3O2S/c1-26-11-5-10-24-14-23-20-19(21(24)25)17-9-8-16(12-18(17)27-20)22-13-15-6-3-2-4-7-15/h2-4,6-7,14,16,22H,5,8-13H2,1H3/t16-/m0/s1. The molecule has 0 spiro atoms. The number of aromatic nitrogens is 2. The molecule has 6 heteroatoms. The molecule has 27 heavy (non-hydrogen) atoms. The van der Waals surface area contributed by atoms with Crippen molar-refractivity contribution in [2.45, 2.75) is 44.8 Å². The van der Waals surface area contributed by atoms with Crippen LogP contribution >= 0.6 is 11.3 Å². The lowest BCUT2D eigenvalue weighted by molar-refractivity contribution is 0.190. The van der Waals surface area contributed by atoms with E-state index in [2.05, 4.69) is 34.6 Å². The van der Waals surface area contributed by atoms with E-state index in [0.29, 0.717) is 19.2 Å². The molecule has 0 fully saturated rings. The highest BCUT2D eigenvalue weighted by atomic mass is 32.1. The van der Waals surface area contributed by atoms with Crippen LogP contribution in [0.2, 0.25) is 0 Å². The van der Waals surface area contributed by atoms with Gasteiger partial charge >= 0.3 is 0 Å². The fourth-order valence-corrected chi connectivity index (χ4v) is 5.03. The summed E-state index contributed by atoms with van der Waals surface area (Å²) in [6.45, 7) is 2.19. The minimum Gasteiger partial charge on any atom is -0.385 e. The zero-order valence-corrected chi connectivity index (χ0v) is 16.4. The lowest BCUT2D eigenvalue weighted by Gasteiger charge is -2.23. The Morgan fingerprint density at radius 1 is 1.33 bits per heavy atom. The van der Waals surface area contributed by atoms with Crippen LogP contribution in [0.3, 0.4) is 0 Å². The SMILES string of the molecule is COCCCn1cnc2sc3c(c2c1=O)CC[C@H](NCc1ccccc1)C3. The highest BCUT2D eigenvalue weighted by Gasteiger charge is 2.25. The topological polar surface area (TPSA) is 56.2 Å². The van der Waals surface area contributed by atoms with E-state index in [1.165, 1.54) is 16.0 Å². The van der Waals surface area contributed by atoms with Crippen LogP contribution in [-0.2, 0) is 30.7 Å². The van der Waals surface area contributed by atoms with E-state index in [1.54, 1.807) is 29.3 Å². The Kier molecular flexibility index (Phi) is 5.66. The summed E-state index contributed by atoms with van der Waals surface area (Å²) < 4.78 is 6.82. The van der Waals surface area contributed by atoms with E-state index in [0.717, 1.165) is 42.4 Å². The average molecular weight is 384 g/mol. The zero-order chi connectivity index (χ0) is 18.6. The minimum absolute atomic E-state index is 0.101. The van der Waals surface area contributed by atoms with Crippen molar-refractivity contribution in [3.05, 3.63) is 63.0 Å². The number of hydrogen-bond donors (Lipinski definition) is 1. The highest BCUT2D eigenvalue weighted by molar-refractivity contribution is 7.18. The molecule has 5 nitrogen and oxygen atoms in total. The fraction of sp³-hybridized carbons (Fsp3) is 0.429. The van der Waals surface area contributed by atoms with Gasteiger partial charge in [-0.2, -0.15) is 0 Å². The number of methoxy groups -OCH3 is 1. The molecule has 0 aliphatic heterocycles. The maximum atomic E-state index is 12.9. The van der Waals surface area contributed by atoms with Gasteiger partial charge in [0, 0.05) is 37.7 Å². The molecule has 2 aromatic heterocycles. The summed E-state index contributed by atoms with van der Waals surface area (Å²) in [5, 5.41) is 4.52. The molecule has 1 aromatic carbocycles. The van der Waals surface area contributed by atoms with Crippen LogP contribution < -0.4 is 10.9 Å².